The largest absolute Gasteiger partial charge is 0.304 e. The lowest BCUT2D eigenvalue weighted by molar-refractivity contribution is 0.754. The number of nitrogens with one attached hydrogen (secondary N) is 1. The zero-order valence-electron chi connectivity index (χ0n) is 12.8. The molecular formula is C17H14Cl2N4O. The predicted octanol–water partition coefficient (Wildman–Crippen LogP) is 4.17. The van der Waals surface area contributed by atoms with E-state index in [0.717, 1.165) is 5.52 Å². The molecule has 0 bridgehead atoms. The van der Waals surface area contributed by atoms with Crippen molar-refractivity contribution in [3.8, 4) is 0 Å². The standard InChI is InChI=1S/C17H14Cl2N4O/c1-2-23-15-9-4-3-8-14(15)21-16(17(23)24)22-20-10-11-12(18)6-5-7-13(11)19/h3-10H,2H2,1H3,(H,21,22)/b20-10+. The van der Waals surface area contributed by atoms with E-state index in [1.807, 2.05) is 31.2 Å². The fourth-order valence-corrected chi connectivity index (χ4v) is 2.87. The summed E-state index contributed by atoms with van der Waals surface area (Å²) in [6, 6.07) is 12.6. The van der Waals surface area contributed by atoms with Gasteiger partial charge in [0.05, 0.1) is 27.3 Å². The monoisotopic (exact) mass is 360 g/mol. The van der Waals surface area contributed by atoms with Gasteiger partial charge in [-0.1, -0.05) is 41.4 Å². The number of hydrogen-bond acceptors (Lipinski definition) is 4. The van der Waals surface area contributed by atoms with Crippen LogP contribution in [0.5, 0.6) is 0 Å². The van der Waals surface area contributed by atoms with Crippen molar-refractivity contribution in [2.24, 2.45) is 5.10 Å². The molecule has 3 aromatic rings. The molecule has 0 saturated carbocycles. The van der Waals surface area contributed by atoms with Crippen LogP contribution in [0.1, 0.15) is 12.5 Å². The predicted molar refractivity (Wildman–Crippen MR) is 99.4 cm³/mol. The summed E-state index contributed by atoms with van der Waals surface area (Å²) in [7, 11) is 0. The third-order valence-corrected chi connectivity index (χ3v) is 4.19. The summed E-state index contributed by atoms with van der Waals surface area (Å²) in [5.41, 5.74) is 4.53. The van der Waals surface area contributed by atoms with E-state index in [-0.39, 0.29) is 11.4 Å². The maximum Gasteiger partial charge on any atom is 0.295 e. The Bertz CT molecular complexity index is 962. The average molecular weight is 361 g/mol. The van der Waals surface area contributed by atoms with Crippen molar-refractivity contribution >= 4 is 46.3 Å². The van der Waals surface area contributed by atoms with Crippen LogP contribution in [-0.2, 0) is 6.54 Å². The van der Waals surface area contributed by atoms with Crippen molar-refractivity contribution in [2.75, 3.05) is 5.43 Å². The minimum Gasteiger partial charge on any atom is -0.304 e. The van der Waals surface area contributed by atoms with Crippen LogP contribution in [-0.4, -0.2) is 15.8 Å². The molecule has 1 aromatic heterocycles. The third kappa shape index (κ3) is 3.13. The highest BCUT2D eigenvalue weighted by Crippen LogP contribution is 2.22. The first-order chi connectivity index (χ1) is 11.6. The minimum absolute atomic E-state index is 0.148. The van der Waals surface area contributed by atoms with E-state index in [9.17, 15) is 4.79 Å². The summed E-state index contributed by atoms with van der Waals surface area (Å²) in [5.74, 6) is 0.148. The van der Waals surface area contributed by atoms with Crippen molar-refractivity contribution in [1.82, 2.24) is 9.55 Å². The van der Waals surface area contributed by atoms with E-state index < -0.39 is 0 Å². The van der Waals surface area contributed by atoms with Crippen LogP contribution in [0.15, 0.2) is 52.4 Å². The number of aromatic nitrogens is 2. The maximum atomic E-state index is 12.5. The molecule has 5 nitrogen and oxygen atoms in total. The topological polar surface area (TPSA) is 59.3 Å². The second-order valence-electron chi connectivity index (χ2n) is 5.00. The molecule has 0 radical (unpaired) electrons. The number of aryl methyl sites for hydroxylation is 1. The van der Waals surface area contributed by atoms with Crippen LogP contribution in [0.4, 0.5) is 5.82 Å². The van der Waals surface area contributed by atoms with Gasteiger partial charge < -0.3 is 4.57 Å². The Labute approximate surface area is 148 Å². The van der Waals surface area contributed by atoms with Gasteiger partial charge >= 0.3 is 0 Å². The van der Waals surface area contributed by atoms with Gasteiger partial charge in [0.25, 0.3) is 5.56 Å². The van der Waals surface area contributed by atoms with Gasteiger partial charge in [0, 0.05) is 12.1 Å². The Morgan fingerprint density at radius 1 is 1.17 bits per heavy atom. The van der Waals surface area contributed by atoms with Crippen LogP contribution in [0.25, 0.3) is 11.0 Å². The molecule has 0 aliphatic rings. The Morgan fingerprint density at radius 2 is 1.88 bits per heavy atom. The number of hydrogen-bond donors (Lipinski definition) is 1. The lowest BCUT2D eigenvalue weighted by atomic mass is 10.2. The van der Waals surface area contributed by atoms with Gasteiger partial charge in [-0.3, -0.25) is 10.2 Å². The van der Waals surface area contributed by atoms with E-state index in [2.05, 4.69) is 15.5 Å². The van der Waals surface area contributed by atoms with Gasteiger partial charge in [0.1, 0.15) is 0 Å². The molecule has 0 aliphatic heterocycles. The molecule has 24 heavy (non-hydrogen) atoms. The normalized spacial score (nSPS) is 11.3. The Hall–Kier alpha value is -2.37. The second kappa shape index (κ2) is 7.03. The van der Waals surface area contributed by atoms with E-state index >= 15 is 0 Å². The smallest absolute Gasteiger partial charge is 0.295 e. The highest BCUT2D eigenvalue weighted by molar-refractivity contribution is 6.38. The summed E-state index contributed by atoms with van der Waals surface area (Å²) in [6.45, 7) is 2.45. The van der Waals surface area contributed by atoms with Crippen molar-refractivity contribution in [3.63, 3.8) is 0 Å². The highest BCUT2D eigenvalue weighted by atomic mass is 35.5. The molecule has 0 spiro atoms. The molecular weight excluding hydrogens is 347 g/mol. The lowest BCUT2D eigenvalue weighted by Gasteiger charge is -2.09. The molecule has 0 unspecified atom stereocenters. The molecule has 3 rings (SSSR count). The Kier molecular flexibility index (Phi) is 4.83. The van der Waals surface area contributed by atoms with Crippen molar-refractivity contribution in [3.05, 3.63) is 68.4 Å². The summed E-state index contributed by atoms with van der Waals surface area (Å²) in [4.78, 5) is 16.8. The molecule has 1 N–H and O–H groups in total. The van der Waals surface area contributed by atoms with Crippen LogP contribution in [0.3, 0.4) is 0 Å². The molecule has 0 atom stereocenters. The van der Waals surface area contributed by atoms with Crippen molar-refractivity contribution < 1.29 is 0 Å². The fraction of sp³-hybridized carbons (Fsp3) is 0.118. The van der Waals surface area contributed by atoms with Crippen molar-refractivity contribution in [1.29, 1.82) is 0 Å². The minimum atomic E-state index is -0.237. The zero-order valence-corrected chi connectivity index (χ0v) is 14.3. The summed E-state index contributed by atoms with van der Waals surface area (Å²) in [5, 5.41) is 5.01. The van der Waals surface area contributed by atoms with Crippen LogP contribution < -0.4 is 11.0 Å². The summed E-state index contributed by atoms with van der Waals surface area (Å²) < 4.78 is 1.64. The first kappa shape index (κ1) is 16.5. The number of hydrazone groups is 1. The number of nitrogens with zero attached hydrogens (tertiary/aromatic N) is 3. The number of halogens is 2. The van der Waals surface area contributed by atoms with Crippen LogP contribution in [0, 0.1) is 0 Å². The third-order valence-electron chi connectivity index (χ3n) is 3.53. The second-order valence-corrected chi connectivity index (χ2v) is 5.82. The van der Waals surface area contributed by atoms with Gasteiger partial charge in [0.15, 0.2) is 0 Å². The van der Waals surface area contributed by atoms with Gasteiger partial charge in [-0.15, -0.1) is 0 Å². The fourth-order valence-electron chi connectivity index (χ4n) is 2.37. The lowest BCUT2D eigenvalue weighted by Crippen LogP contribution is -2.23. The first-order valence-electron chi connectivity index (χ1n) is 7.34. The maximum absolute atomic E-state index is 12.5. The molecule has 0 fully saturated rings. The molecule has 0 saturated heterocycles. The number of benzene rings is 2. The molecule has 2 aromatic carbocycles. The summed E-state index contributed by atoms with van der Waals surface area (Å²) in [6.07, 6.45) is 1.47. The summed E-state index contributed by atoms with van der Waals surface area (Å²) >= 11 is 12.2. The van der Waals surface area contributed by atoms with Crippen molar-refractivity contribution in [2.45, 2.75) is 13.5 Å². The molecule has 122 valence electrons. The molecule has 0 amide bonds. The Balaban J connectivity index is 1.97. The highest BCUT2D eigenvalue weighted by Gasteiger charge is 2.09. The van der Waals surface area contributed by atoms with E-state index in [1.165, 1.54) is 6.21 Å². The number of para-hydroxylation sites is 2. The first-order valence-corrected chi connectivity index (χ1v) is 8.10. The van der Waals surface area contributed by atoms with Crippen LogP contribution >= 0.6 is 23.2 Å². The van der Waals surface area contributed by atoms with Gasteiger partial charge in [0.2, 0.25) is 5.82 Å². The molecule has 1 heterocycles. The SMILES string of the molecule is CCn1c(=O)c(N/N=C/c2c(Cl)cccc2Cl)nc2ccccc21. The van der Waals surface area contributed by atoms with E-state index in [4.69, 9.17) is 23.2 Å². The molecule has 7 heteroatoms. The number of rotatable bonds is 4. The number of fused-ring (bicyclic) bond motifs is 1. The molecule has 0 aliphatic carbocycles. The quantitative estimate of drug-likeness (QED) is 0.561. The Morgan fingerprint density at radius 3 is 2.58 bits per heavy atom. The van der Waals surface area contributed by atoms with E-state index in [1.54, 1.807) is 22.8 Å². The van der Waals surface area contributed by atoms with Crippen LogP contribution in [0.2, 0.25) is 10.0 Å². The van der Waals surface area contributed by atoms with E-state index in [0.29, 0.717) is 27.7 Å². The van der Waals surface area contributed by atoms with Gasteiger partial charge in [-0.2, -0.15) is 5.10 Å². The van der Waals surface area contributed by atoms with Gasteiger partial charge in [-0.05, 0) is 31.2 Å². The zero-order chi connectivity index (χ0) is 17.1. The van der Waals surface area contributed by atoms with Gasteiger partial charge in [-0.25, -0.2) is 4.98 Å². The average Bonchev–Trinajstić information content (AvgIpc) is 2.58. The number of anilines is 1.